The molecule has 20 heavy (non-hydrogen) atoms. The van der Waals surface area contributed by atoms with E-state index in [2.05, 4.69) is 5.32 Å². The number of amides is 1. The number of halogens is 1. The maximum atomic E-state index is 12.4. The summed E-state index contributed by atoms with van der Waals surface area (Å²) in [6, 6.07) is 3.20. The minimum atomic E-state index is -3.44. The molecule has 0 aliphatic carbocycles. The van der Waals surface area contributed by atoms with Crippen molar-refractivity contribution >= 4 is 38.9 Å². The van der Waals surface area contributed by atoms with Crippen LogP contribution in [0.2, 0.25) is 4.34 Å². The van der Waals surface area contributed by atoms with E-state index < -0.39 is 10.0 Å². The molecule has 2 heterocycles. The molecule has 1 aliphatic rings. The molecule has 1 aromatic rings. The molecule has 1 amide bonds. The van der Waals surface area contributed by atoms with Crippen molar-refractivity contribution in [3.05, 3.63) is 16.5 Å². The van der Waals surface area contributed by atoms with Gasteiger partial charge in [0, 0.05) is 25.6 Å². The minimum Gasteiger partial charge on any atom is -0.353 e. The van der Waals surface area contributed by atoms with E-state index in [0.29, 0.717) is 36.7 Å². The van der Waals surface area contributed by atoms with Crippen molar-refractivity contribution in [2.75, 3.05) is 13.1 Å². The van der Waals surface area contributed by atoms with Gasteiger partial charge in [-0.2, -0.15) is 4.31 Å². The molecule has 0 aromatic carbocycles. The van der Waals surface area contributed by atoms with Crippen molar-refractivity contribution in [2.45, 2.75) is 36.4 Å². The SMILES string of the molecule is CCC(=O)NC1CCN(S(=O)(=O)c2ccc(Cl)s2)CC1. The number of carbonyl (C=O) groups is 1. The molecule has 1 saturated heterocycles. The first-order chi connectivity index (χ1) is 9.43. The Hall–Kier alpha value is -0.630. The average Bonchev–Trinajstić information content (AvgIpc) is 2.86. The van der Waals surface area contributed by atoms with E-state index in [-0.39, 0.29) is 16.2 Å². The fraction of sp³-hybridized carbons (Fsp3) is 0.583. The number of sulfonamides is 1. The molecule has 112 valence electrons. The van der Waals surface area contributed by atoms with Crippen LogP contribution in [0, 0.1) is 0 Å². The molecule has 1 fully saturated rings. The van der Waals surface area contributed by atoms with E-state index >= 15 is 0 Å². The van der Waals surface area contributed by atoms with Gasteiger partial charge in [-0.25, -0.2) is 8.42 Å². The van der Waals surface area contributed by atoms with Gasteiger partial charge in [0.2, 0.25) is 5.91 Å². The standard InChI is InChI=1S/C12H17ClN2O3S2/c1-2-11(16)14-9-5-7-15(8-6-9)20(17,18)12-4-3-10(13)19-12/h3-4,9H,2,5-8H2,1H3,(H,14,16). The van der Waals surface area contributed by atoms with E-state index in [0.717, 1.165) is 11.3 Å². The molecule has 1 aliphatic heterocycles. The molecule has 0 radical (unpaired) electrons. The molecule has 1 N–H and O–H groups in total. The predicted octanol–water partition coefficient (Wildman–Crippen LogP) is 2.08. The van der Waals surface area contributed by atoms with Crippen LogP contribution in [0.5, 0.6) is 0 Å². The zero-order chi connectivity index (χ0) is 14.8. The Morgan fingerprint density at radius 2 is 2.10 bits per heavy atom. The van der Waals surface area contributed by atoms with E-state index in [1.807, 2.05) is 0 Å². The van der Waals surface area contributed by atoms with Crippen LogP contribution >= 0.6 is 22.9 Å². The fourth-order valence-electron chi connectivity index (χ4n) is 2.13. The van der Waals surface area contributed by atoms with Crippen LogP contribution < -0.4 is 5.32 Å². The second-order valence-electron chi connectivity index (χ2n) is 4.66. The lowest BCUT2D eigenvalue weighted by molar-refractivity contribution is -0.121. The molecule has 0 unspecified atom stereocenters. The molecule has 5 nitrogen and oxygen atoms in total. The molecule has 0 spiro atoms. The topological polar surface area (TPSA) is 66.5 Å². The van der Waals surface area contributed by atoms with Gasteiger partial charge < -0.3 is 5.32 Å². The van der Waals surface area contributed by atoms with Crippen molar-refractivity contribution in [1.29, 1.82) is 0 Å². The monoisotopic (exact) mass is 336 g/mol. The van der Waals surface area contributed by atoms with Gasteiger partial charge in [-0.15, -0.1) is 11.3 Å². The highest BCUT2D eigenvalue weighted by Crippen LogP contribution is 2.29. The zero-order valence-corrected chi connectivity index (χ0v) is 13.5. The molecule has 0 saturated carbocycles. The van der Waals surface area contributed by atoms with E-state index in [1.165, 1.54) is 10.4 Å². The van der Waals surface area contributed by atoms with Gasteiger partial charge in [0.15, 0.2) is 0 Å². The Kier molecular flexibility index (Phi) is 5.06. The summed E-state index contributed by atoms with van der Waals surface area (Å²) in [5.74, 6) is 0.0105. The third-order valence-electron chi connectivity index (χ3n) is 3.28. The number of rotatable bonds is 4. The molecule has 2 rings (SSSR count). The molecule has 8 heteroatoms. The Balaban J connectivity index is 1.98. The van der Waals surface area contributed by atoms with Crippen molar-refractivity contribution < 1.29 is 13.2 Å². The molecule has 0 bridgehead atoms. The largest absolute Gasteiger partial charge is 0.353 e. The summed E-state index contributed by atoms with van der Waals surface area (Å²) in [5, 5.41) is 2.91. The van der Waals surface area contributed by atoms with Crippen LogP contribution in [0.3, 0.4) is 0 Å². The number of carbonyl (C=O) groups excluding carboxylic acids is 1. The lowest BCUT2D eigenvalue weighted by atomic mass is 10.1. The maximum absolute atomic E-state index is 12.4. The number of hydrogen-bond acceptors (Lipinski definition) is 4. The van der Waals surface area contributed by atoms with E-state index in [4.69, 9.17) is 11.6 Å². The average molecular weight is 337 g/mol. The number of hydrogen-bond donors (Lipinski definition) is 1. The Labute approximate surface area is 128 Å². The third-order valence-corrected chi connectivity index (χ3v) is 6.88. The predicted molar refractivity (Wildman–Crippen MR) is 79.5 cm³/mol. The summed E-state index contributed by atoms with van der Waals surface area (Å²) in [7, 11) is -3.44. The van der Waals surface area contributed by atoms with Crippen LogP contribution in [0.1, 0.15) is 26.2 Å². The van der Waals surface area contributed by atoms with Crippen LogP contribution in [-0.4, -0.2) is 37.8 Å². The minimum absolute atomic E-state index is 0.0105. The zero-order valence-electron chi connectivity index (χ0n) is 11.1. The van der Waals surface area contributed by atoms with Gasteiger partial charge in [0.05, 0.1) is 4.34 Å². The molecule has 1 aromatic heterocycles. The van der Waals surface area contributed by atoms with Crippen LogP contribution in [-0.2, 0) is 14.8 Å². The van der Waals surface area contributed by atoms with Gasteiger partial charge in [-0.3, -0.25) is 4.79 Å². The van der Waals surface area contributed by atoms with Crippen LogP contribution in [0.25, 0.3) is 0 Å². The molecular weight excluding hydrogens is 320 g/mol. The first kappa shape index (κ1) is 15.8. The lowest BCUT2D eigenvalue weighted by Gasteiger charge is -2.31. The summed E-state index contributed by atoms with van der Waals surface area (Å²) in [4.78, 5) is 11.3. The number of nitrogens with zero attached hydrogens (tertiary/aromatic N) is 1. The summed E-state index contributed by atoms with van der Waals surface area (Å²) < 4.78 is 27.0. The van der Waals surface area contributed by atoms with Gasteiger partial charge in [-0.1, -0.05) is 18.5 Å². The van der Waals surface area contributed by atoms with Crippen molar-refractivity contribution in [3.63, 3.8) is 0 Å². The summed E-state index contributed by atoms with van der Waals surface area (Å²) in [6.07, 6.45) is 1.74. The Morgan fingerprint density at radius 3 is 2.60 bits per heavy atom. The summed E-state index contributed by atoms with van der Waals surface area (Å²) >= 11 is 6.86. The van der Waals surface area contributed by atoms with Crippen molar-refractivity contribution in [2.24, 2.45) is 0 Å². The Bertz CT molecular complexity index is 577. The summed E-state index contributed by atoms with van der Waals surface area (Å²) in [6.45, 7) is 2.65. The second-order valence-corrected chi connectivity index (χ2v) is 8.54. The van der Waals surface area contributed by atoms with Crippen molar-refractivity contribution in [1.82, 2.24) is 9.62 Å². The van der Waals surface area contributed by atoms with E-state index in [9.17, 15) is 13.2 Å². The summed E-state index contributed by atoms with van der Waals surface area (Å²) in [5.41, 5.74) is 0. The van der Waals surface area contributed by atoms with Gasteiger partial charge in [-0.05, 0) is 25.0 Å². The smallest absolute Gasteiger partial charge is 0.252 e. The van der Waals surface area contributed by atoms with Crippen molar-refractivity contribution in [3.8, 4) is 0 Å². The third kappa shape index (κ3) is 3.52. The van der Waals surface area contributed by atoms with Gasteiger partial charge in [0.25, 0.3) is 10.0 Å². The molecule has 0 atom stereocenters. The maximum Gasteiger partial charge on any atom is 0.252 e. The second kappa shape index (κ2) is 6.43. The van der Waals surface area contributed by atoms with Gasteiger partial charge in [0.1, 0.15) is 4.21 Å². The highest BCUT2D eigenvalue weighted by Gasteiger charge is 2.30. The normalized spacial score (nSPS) is 18.1. The highest BCUT2D eigenvalue weighted by molar-refractivity contribution is 7.91. The first-order valence-electron chi connectivity index (χ1n) is 6.48. The molecular formula is C12H17ClN2O3S2. The number of nitrogens with one attached hydrogen (secondary N) is 1. The van der Waals surface area contributed by atoms with Crippen LogP contribution in [0.4, 0.5) is 0 Å². The van der Waals surface area contributed by atoms with E-state index in [1.54, 1.807) is 13.0 Å². The van der Waals surface area contributed by atoms with Gasteiger partial charge >= 0.3 is 0 Å². The number of piperidine rings is 1. The number of thiophene rings is 1. The quantitative estimate of drug-likeness (QED) is 0.915. The first-order valence-corrected chi connectivity index (χ1v) is 9.11. The highest BCUT2D eigenvalue weighted by atomic mass is 35.5. The van der Waals surface area contributed by atoms with Crippen LogP contribution in [0.15, 0.2) is 16.3 Å². The lowest BCUT2D eigenvalue weighted by Crippen LogP contribution is -2.46. The fourth-order valence-corrected chi connectivity index (χ4v) is 5.24. The Morgan fingerprint density at radius 1 is 1.45 bits per heavy atom.